The molecule has 1 aromatic heterocycles. The third kappa shape index (κ3) is 3.42. The van der Waals surface area contributed by atoms with Gasteiger partial charge < -0.3 is 16.0 Å². The summed E-state index contributed by atoms with van der Waals surface area (Å²) < 4.78 is 2.13. The van der Waals surface area contributed by atoms with Crippen LogP contribution in [0.3, 0.4) is 0 Å². The number of aliphatic imine (C=N–C) groups is 1. The van der Waals surface area contributed by atoms with Crippen LogP contribution in [-0.4, -0.2) is 16.4 Å². The molecule has 1 aromatic carbocycles. The third-order valence-corrected chi connectivity index (χ3v) is 5.94. The first-order valence-electron chi connectivity index (χ1n) is 9.62. The van der Waals surface area contributed by atoms with E-state index in [1.807, 2.05) is 18.2 Å². The van der Waals surface area contributed by atoms with E-state index >= 15 is 0 Å². The molecule has 0 saturated heterocycles. The van der Waals surface area contributed by atoms with Gasteiger partial charge in [0, 0.05) is 16.8 Å². The van der Waals surface area contributed by atoms with Crippen molar-refractivity contribution in [2.45, 2.75) is 44.1 Å². The molecule has 2 aromatic rings. The third-order valence-electron chi connectivity index (χ3n) is 5.94. The van der Waals surface area contributed by atoms with E-state index in [2.05, 4.69) is 46.0 Å². The van der Waals surface area contributed by atoms with Gasteiger partial charge in [-0.05, 0) is 49.3 Å². The first kappa shape index (κ1) is 17.6. The maximum atomic E-state index is 12.4. The van der Waals surface area contributed by atoms with Gasteiger partial charge in [-0.3, -0.25) is 4.79 Å². The molecule has 2 bridgehead atoms. The first-order chi connectivity index (χ1) is 13.1. The number of carbonyl (C=O) groups excluding carboxylic acids is 1. The van der Waals surface area contributed by atoms with Crippen molar-refractivity contribution in [1.82, 2.24) is 4.57 Å². The first-order valence-corrected chi connectivity index (χ1v) is 9.62. The standard InChI is InChI=1S/C22H26N4O/c23-21(24)25-20(27)15-26-18(17-8-2-1-3-9-17)10-11-19(26)22-12-4-6-16(14-22)7-5-13-22/h1-4,6,8-11,16H,5,7,12-15H2,(H4,23,24,25,27). The lowest BCUT2D eigenvalue weighted by Crippen LogP contribution is -2.37. The highest BCUT2D eigenvalue weighted by Gasteiger charge is 2.40. The lowest BCUT2D eigenvalue weighted by Gasteiger charge is -2.43. The Labute approximate surface area is 159 Å². The number of guanidine groups is 1. The molecule has 5 heteroatoms. The van der Waals surface area contributed by atoms with Crippen LogP contribution >= 0.6 is 0 Å². The van der Waals surface area contributed by atoms with Gasteiger partial charge in [0.05, 0.1) is 0 Å². The van der Waals surface area contributed by atoms with Crippen LogP contribution in [0.1, 0.15) is 37.8 Å². The highest BCUT2D eigenvalue weighted by Crippen LogP contribution is 2.48. The van der Waals surface area contributed by atoms with E-state index in [0.29, 0.717) is 5.92 Å². The van der Waals surface area contributed by atoms with Crippen molar-refractivity contribution in [3.05, 3.63) is 60.3 Å². The number of amides is 1. The number of aromatic nitrogens is 1. The summed E-state index contributed by atoms with van der Waals surface area (Å²) in [6.07, 6.45) is 10.5. The predicted octanol–water partition coefficient (Wildman–Crippen LogP) is 3.34. The monoisotopic (exact) mass is 362 g/mol. The van der Waals surface area contributed by atoms with Gasteiger partial charge in [-0.25, -0.2) is 0 Å². The second kappa shape index (κ2) is 7.06. The van der Waals surface area contributed by atoms with Gasteiger partial charge in [-0.1, -0.05) is 48.9 Å². The number of benzene rings is 1. The zero-order valence-electron chi connectivity index (χ0n) is 15.5. The SMILES string of the molecule is NC(N)=NC(=O)Cn1c(-c2ccccc2)ccc1C12CC=CC(CCC1)C2. The van der Waals surface area contributed by atoms with Gasteiger partial charge in [0.1, 0.15) is 6.54 Å². The summed E-state index contributed by atoms with van der Waals surface area (Å²) in [4.78, 5) is 16.2. The largest absolute Gasteiger partial charge is 0.370 e. The van der Waals surface area contributed by atoms with Crippen LogP contribution in [0.15, 0.2) is 59.6 Å². The number of rotatable bonds is 4. The molecule has 0 spiro atoms. The van der Waals surface area contributed by atoms with Crippen molar-refractivity contribution in [3.63, 3.8) is 0 Å². The fourth-order valence-corrected chi connectivity index (χ4v) is 4.86. The van der Waals surface area contributed by atoms with Crippen molar-refractivity contribution in [2.24, 2.45) is 22.4 Å². The molecule has 27 heavy (non-hydrogen) atoms. The van der Waals surface area contributed by atoms with E-state index in [9.17, 15) is 4.79 Å². The minimum atomic E-state index is -0.320. The minimum Gasteiger partial charge on any atom is -0.370 e. The molecular weight excluding hydrogens is 336 g/mol. The average Bonchev–Trinajstić information content (AvgIpc) is 3.06. The molecule has 0 aliphatic heterocycles. The Kier molecular flexibility index (Phi) is 4.60. The number of nitrogens with zero attached hydrogens (tertiary/aromatic N) is 2. The summed E-state index contributed by atoms with van der Waals surface area (Å²) >= 11 is 0. The predicted molar refractivity (Wildman–Crippen MR) is 108 cm³/mol. The molecular formula is C22H26N4O. The molecule has 2 unspecified atom stereocenters. The molecule has 1 amide bonds. The Hall–Kier alpha value is -2.82. The summed E-state index contributed by atoms with van der Waals surface area (Å²) in [6, 6.07) is 14.5. The van der Waals surface area contributed by atoms with E-state index in [1.54, 1.807) is 0 Å². The highest BCUT2D eigenvalue weighted by atomic mass is 16.1. The fraction of sp³-hybridized carbons (Fsp3) is 0.364. The zero-order valence-corrected chi connectivity index (χ0v) is 15.5. The summed E-state index contributed by atoms with van der Waals surface area (Å²) in [7, 11) is 0. The zero-order chi connectivity index (χ0) is 18.9. The van der Waals surface area contributed by atoms with E-state index in [-0.39, 0.29) is 23.8 Å². The van der Waals surface area contributed by atoms with Gasteiger partial charge in [0.2, 0.25) is 0 Å². The smallest absolute Gasteiger partial charge is 0.268 e. The molecule has 0 radical (unpaired) electrons. The summed E-state index contributed by atoms with van der Waals surface area (Å²) in [5, 5.41) is 0. The van der Waals surface area contributed by atoms with Crippen LogP contribution < -0.4 is 11.5 Å². The maximum absolute atomic E-state index is 12.4. The molecule has 2 aliphatic carbocycles. The summed E-state index contributed by atoms with van der Waals surface area (Å²) in [5.41, 5.74) is 14.3. The van der Waals surface area contributed by atoms with Crippen LogP contribution in [0.5, 0.6) is 0 Å². The van der Waals surface area contributed by atoms with Crippen molar-refractivity contribution >= 4 is 11.9 Å². The summed E-state index contributed by atoms with van der Waals surface area (Å²) in [6.45, 7) is 0.153. The van der Waals surface area contributed by atoms with E-state index < -0.39 is 0 Å². The van der Waals surface area contributed by atoms with Crippen LogP contribution in [0, 0.1) is 5.92 Å². The number of fused-ring (bicyclic) bond motifs is 2. The molecule has 140 valence electrons. The number of hydrogen-bond donors (Lipinski definition) is 2. The van der Waals surface area contributed by atoms with Crippen LogP contribution in [0.25, 0.3) is 11.3 Å². The van der Waals surface area contributed by atoms with Crippen molar-refractivity contribution in [3.8, 4) is 11.3 Å². The second-order valence-electron chi connectivity index (χ2n) is 7.76. The van der Waals surface area contributed by atoms with E-state index in [0.717, 1.165) is 30.5 Å². The Morgan fingerprint density at radius 2 is 2.00 bits per heavy atom. The quantitative estimate of drug-likeness (QED) is 0.497. The molecule has 5 nitrogen and oxygen atoms in total. The Morgan fingerprint density at radius 1 is 1.19 bits per heavy atom. The van der Waals surface area contributed by atoms with Crippen molar-refractivity contribution in [2.75, 3.05) is 0 Å². The average molecular weight is 362 g/mol. The second-order valence-corrected chi connectivity index (χ2v) is 7.76. The molecule has 1 heterocycles. The molecule has 4 rings (SSSR count). The number of hydrogen-bond acceptors (Lipinski definition) is 1. The number of allylic oxidation sites excluding steroid dienone is 2. The molecule has 1 saturated carbocycles. The van der Waals surface area contributed by atoms with E-state index in [4.69, 9.17) is 11.5 Å². The van der Waals surface area contributed by atoms with Gasteiger partial charge >= 0.3 is 0 Å². The Balaban J connectivity index is 1.80. The molecule has 2 aliphatic rings. The van der Waals surface area contributed by atoms with E-state index in [1.165, 1.54) is 18.5 Å². The highest BCUT2D eigenvalue weighted by molar-refractivity contribution is 5.91. The van der Waals surface area contributed by atoms with Gasteiger partial charge in [-0.15, -0.1) is 0 Å². The summed E-state index contributed by atoms with van der Waals surface area (Å²) in [5.74, 6) is 0.135. The van der Waals surface area contributed by atoms with Gasteiger partial charge in [0.25, 0.3) is 5.91 Å². The maximum Gasteiger partial charge on any atom is 0.268 e. The minimum absolute atomic E-state index is 0.100. The van der Waals surface area contributed by atoms with Gasteiger partial charge in [-0.2, -0.15) is 4.99 Å². The molecule has 2 atom stereocenters. The van der Waals surface area contributed by atoms with Crippen LogP contribution in [0.4, 0.5) is 0 Å². The van der Waals surface area contributed by atoms with Crippen LogP contribution in [-0.2, 0) is 16.8 Å². The van der Waals surface area contributed by atoms with Crippen LogP contribution in [0.2, 0.25) is 0 Å². The lowest BCUT2D eigenvalue weighted by molar-refractivity contribution is -0.118. The number of nitrogens with two attached hydrogens (primary N) is 2. The van der Waals surface area contributed by atoms with Gasteiger partial charge in [0.15, 0.2) is 5.96 Å². The Bertz CT molecular complexity index is 892. The lowest BCUT2D eigenvalue weighted by atomic mass is 9.63. The van der Waals surface area contributed by atoms with Crippen molar-refractivity contribution in [1.29, 1.82) is 0 Å². The fourth-order valence-electron chi connectivity index (χ4n) is 4.86. The number of carbonyl (C=O) groups is 1. The van der Waals surface area contributed by atoms with Crippen molar-refractivity contribution < 1.29 is 4.79 Å². The normalized spacial score (nSPS) is 23.8. The Morgan fingerprint density at radius 3 is 2.78 bits per heavy atom. The molecule has 4 N–H and O–H groups in total. The topological polar surface area (TPSA) is 86.4 Å². The molecule has 1 fully saturated rings.